The number of amides is 3. The van der Waals surface area contributed by atoms with Crippen LogP contribution in [0.3, 0.4) is 0 Å². The van der Waals surface area contributed by atoms with Crippen molar-refractivity contribution in [1.82, 2.24) is 10.2 Å². The molecule has 0 bridgehead atoms. The molecular formula is C18H23N3O4. The van der Waals surface area contributed by atoms with E-state index in [9.17, 15) is 19.5 Å². The van der Waals surface area contributed by atoms with Crippen LogP contribution >= 0.6 is 0 Å². The third-order valence-electron chi connectivity index (χ3n) is 4.82. The Labute approximate surface area is 146 Å². The molecule has 1 aromatic carbocycles. The number of rotatable bonds is 3. The standard InChI is InChI=1S/C18H23N3O4/c1-12-7-13(17(23)24)10-20(9-12)18(25)19-14-8-16(22)21(11-14)15-5-3-2-4-6-15/h2-6,12-14H,7-11H2,1H3,(H,19,25)(H,23,24). The number of hydrogen-bond acceptors (Lipinski definition) is 3. The van der Waals surface area contributed by atoms with Gasteiger partial charge in [-0.1, -0.05) is 25.1 Å². The third-order valence-corrected chi connectivity index (χ3v) is 4.82. The van der Waals surface area contributed by atoms with Crippen LogP contribution in [0.5, 0.6) is 0 Å². The first kappa shape index (κ1) is 17.3. The molecule has 7 heteroatoms. The summed E-state index contributed by atoms with van der Waals surface area (Å²) in [6, 6.07) is 8.81. The molecule has 2 aliphatic rings. The molecule has 0 aromatic heterocycles. The predicted molar refractivity (Wildman–Crippen MR) is 92.2 cm³/mol. The van der Waals surface area contributed by atoms with E-state index in [0.29, 0.717) is 19.5 Å². The number of carboxylic acids is 1. The van der Waals surface area contributed by atoms with Gasteiger partial charge in [0.15, 0.2) is 0 Å². The van der Waals surface area contributed by atoms with Crippen LogP contribution in [0.4, 0.5) is 10.5 Å². The molecule has 3 rings (SSSR count). The maximum Gasteiger partial charge on any atom is 0.317 e. The summed E-state index contributed by atoms with van der Waals surface area (Å²) < 4.78 is 0. The van der Waals surface area contributed by atoms with Gasteiger partial charge in [-0.05, 0) is 24.5 Å². The van der Waals surface area contributed by atoms with E-state index >= 15 is 0 Å². The largest absolute Gasteiger partial charge is 0.481 e. The molecular weight excluding hydrogens is 322 g/mol. The Morgan fingerprint density at radius 1 is 1.16 bits per heavy atom. The molecule has 2 saturated heterocycles. The van der Waals surface area contributed by atoms with Gasteiger partial charge in [-0.25, -0.2) is 4.79 Å². The second-order valence-corrected chi connectivity index (χ2v) is 6.97. The number of carbonyl (C=O) groups is 3. The molecule has 3 unspecified atom stereocenters. The first-order valence-electron chi connectivity index (χ1n) is 8.57. The van der Waals surface area contributed by atoms with Crippen LogP contribution in [0.1, 0.15) is 19.8 Å². The van der Waals surface area contributed by atoms with Crippen LogP contribution in [-0.2, 0) is 9.59 Å². The highest BCUT2D eigenvalue weighted by atomic mass is 16.4. The zero-order valence-electron chi connectivity index (χ0n) is 14.2. The molecule has 3 atom stereocenters. The highest BCUT2D eigenvalue weighted by Crippen LogP contribution is 2.23. The van der Waals surface area contributed by atoms with Crippen molar-refractivity contribution < 1.29 is 19.5 Å². The summed E-state index contributed by atoms with van der Waals surface area (Å²) >= 11 is 0. The molecule has 2 fully saturated rings. The molecule has 134 valence electrons. The van der Waals surface area contributed by atoms with Crippen LogP contribution in [0.2, 0.25) is 0 Å². The summed E-state index contributed by atoms with van der Waals surface area (Å²) in [7, 11) is 0. The van der Waals surface area contributed by atoms with E-state index in [1.807, 2.05) is 37.3 Å². The van der Waals surface area contributed by atoms with Gasteiger partial charge in [0.05, 0.1) is 12.0 Å². The fraction of sp³-hybridized carbons (Fsp3) is 0.500. The molecule has 0 spiro atoms. The number of piperidine rings is 1. The zero-order chi connectivity index (χ0) is 18.0. The maximum absolute atomic E-state index is 12.5. The van der Waals surface area contributed by atoms with Gasteiger partial charge >= 0.3 is 12.0 Å². The van der Waals surface area contributed by atoms with Gasteiger partial charge in [-0.3, -0.25) is 9.59 Å². The van der Waals surface area contributed by atoms with Gasteiger partial charge in [0, 0.05) is 31.7 Å². The normalized spacial score (nSPS) is 26.6. The van der Waals surface area contributed by atoms with Crippen molar-refractivity contribution in [2.24, 2.45) is 11.8 Å². The van der Waals surface area contributed by atoms with Crippen molar-refractivity contribution in [2.75, 3.05) is 24.5 Å². The van der Waals surface area contributed by atoms with E-state index in [4.69, 9.17) is 0 Å². The average molecular weight is 345 g/mol. The quantitative estimate of drug-likeness (QED) is 0.870. The van der Waals surface area contributed by atoms with Gasteiger partial charge in [0.1, 0.15) is 0 Å². The van der Waals surface area contributed by atoms with Crippen LogP contribution in [0, 0.1) is 11.8 Å². The molecule has 0 radical (unpaired) electrons. The minimum absolute atomic E-state index is 0.0214. The summed E-state index contributed by atoms with van der Waals surface area (Å²) in [6.45, 7) is 3.14. The summed E-state index contributed by atoms with van der Waals surface area (Å²) in [5, 5.41) is 12.1. The Morgan fingerprint density at radius 3 is 2.56 bits per heavy atom. The Kier molecular flexibility index (Phi) is 4.92. The number of aliphatic carboxylic acids is 1. The molecule has 0 aliphatic carbocycles. The maximum atomic E-state index is 12.5. The van der Waals surface area contributed by atoms with E-state index in [1.165, 1.54) is 0 Å². The zero-order valence-corrected chi connectivity index (χ0v) is 14.2. The number of carboxylic acid groups (broad SMARTS) is 1. The smallest absolute Gasteiger partial charge is 0.317 e. The van der Waals surface area contributed by atoms with Gasteiger partial charge in [0.2, 0.25) is 5.91 Å². The highest BCUT2D eigenvalue weighted by Gasteiger charge is 2.35. The molecule has 7 nitrogen and oxygen atoms in total. The van der Waals surface area contributed by atoms with E-state index in [-0.39, 0.29) is 36.9 Å². The molecule has 1 aromatic rings. The third kappa shape index (κ3) is 3.92. The summed E-state index contributed by atoms with van der Waals surface area (Å²) in [4.78, 5) is 39.2. The second-order valence-electron chi connectivity index (χ2n) is 6.97. The first-order chi connectivity index (χ1) is 11.9. The number of benzene rings is 1. The number of hydrogen-bond donors (Lipinski definition) is 2. The lowest BCUT2D eigenvalue weighted by Gasteiger charge is -2.35. The van der Waals surface area contributed by atoms with Crippen LogP contribution < -0.4 is 10.2 Å². The average Bonchev–Trinajstić information content (AvgIpc) is 2.95. The van der Waals surface area contributed by atoms with Crippen molar-refractivity contribution in [3.63, 3.8) is 0 Å². The minimum Gasteiger partial charge on any atom is -0.481 e. The number of nitrogens with zero attached hydrogens (tertiary/aromatic N) is 2. The Bertz CT molecular complexity index is 664. The summed E-state index contributed by atoms with van der Waals surface area (Å²) in [5.74, 6) is -1.27. The van der Waals surface area contributed by atoms with Crippen molar-refractivity contribution >= 4 is 23.6 Å². The SMILES string of the molecule is CC1CC(C(=O)O)CN(C(=O)NC2CC(=O)N(c3ccccc3)C2)C1. The summed E-state index contributed by atoms with van der Waals surface area (Å²) in [5.41, 5.74) is 0.821. The number of para-hydroxylation sites is 1. The van der Waals surface area contributed by atoms with Gasteiger partial charge < -0.3 is 20.2 Å². The topological polar surface area (TPSA) is 90.0 Å². The minimum atomic E-state index is -0.865. The Hall–Kier alpha value is -2.57. The van der Waals surface area contributed by atoms with Crippen molar-refractivity contribution in [1.29, 1.82) is 0 Å². The number of nitrogens with one attached hydrogen (secondary N) is 1. The molecule has 0 saturated carbocycles. The number of carbonyl (C=O) groups excluding carboxylic acids is 2. The van der Waals surface area contributed by atoms with E-state index < -0.39 is 11.9 Å². The summed E-state index contributed by atoms with van der Waals surface area (Å²) in [6.07, 6.45) is 0.842. The van der Waals surface area contributed by atoms with Crippen LogP contribution in [0.15, 0.2) is 30.3 Å². The second kappa shape index (κ2) is 7.13. The van der Waals surface area contributed by atoms with Crippen molar-refractivity contribution in [3.05, 3.63) is 30.3 Å². The van der Waals surface area contributed by atoms with Crippen LogP contribution in [0.25, 0.3) is 0 Å². The Morgan fingerprint density at radius 2 is 1.88 bits per heavy atom. The molecule has 3 amide bonds. The molecule has 2 aliphatic heterocycles. The van der Waals surface area contributed by atoms with E-state index in [2.05, 4.69) is 5.32 Å². The van der Waals surface area contributed by atoms with E-state index in [1.54, 1.807) is 9.80 Å². The highest BCUT2D eigenvalue weighted by molar-refractivity contribution is 5.96. The predicted octanol–water partition coefficient (Wildman–Crippen LogP) is 1.54. The lowest BCUT2D eigenvalue weighted by molar-refractivity contribution is -0.143. The monoisotopic (exact) mass is 345 g/mol. The van der Waals surface area contributed by atoms with Crippen molar-refractivity contribution in [2.45, 2.75) is 25.8 Å². The van der Waals surface area contributed by atoms with Crippen molar-refractivity contribution in [3.8, 4) is 0 Å². The van der Waals surface area contributed by atoms with Gasteiger partial charge in [0.25, 0.3) is 0 Å². The fourth-order valence-electron chi connectivity index (χ4n) is 3.62. The van der Waals surface area contributed by atoms with E-state index in [0.717, 1.165) is 5.69 Å². The fourth-order valence-corrected chi connectivity index (χ4v) is 3.62. The lowest BCUT2D eigenvalue weighted by atomic mass is 9.91. The van der Waals surface area contributed by atoms with Gasteiger partial charge in [-0.15, -0.1) is 0 Å². The molecule has 25 heavy (non-hydrogen) atoms. The molecule has 2 N–H and O–H groups in total. The lowest BCUT2D eigenvalue weighted by Crippen LogP contribution is -2.52. The Balaban J connectivity index is 1.60. The van der Waals surface area contributed by atoms with Gasteiger partial charge in [-0.2, -0.15) is 0 Å². The van der Waals surface area contributed by atoms with Crippen LogP contribution in [-0.4, -0.2) is 53.6 Å². The number of likely N-dealkylation sites (tertiary alicyclic amines) is 1. The number of urea groups is 1. The first-order valence-corrected chi connectivity index (χ1v) is 8.57. The molecule has 2 heterocycles. The number of anilines is 1.